The monoisotopic (exact) mass is 429 g/mol. The van der Waals surface area contributed by atoms with Crippen LogP contribution in [-0.4, -0.2) is 29.2 Å². The van der Waals surface area contributed by atoms with Crippen molar-refractivity contribution in [3.05, 3.63) is 84.7 Å². The molecule has 0 saturated carbocycles. The quantitative estimate of drug-likeness (QED) is 0.386. The topological polar surface area (TPSA) is 90.4 Å². The largest absolute Gasteiger partial charge is 0.497 e. The number of rotatable bonds is 9. The van der Waals surface area contributed by atoms with E-state index in [9.17, 15) is 0 Å². The van der Waals surface area contributed by atoms with Crippen LogP contribution in [-0.2, 0) is 6.61 Å². The standard InChI is InChI=1S/C24H23N5O3/c1-30-21-12-19(13-22(14-21)31-2)28-24-26-16-25-23(29-24)27-18-8-10-20(11-9-18)32-15-17-6-4-3-5-7-17/h3-14,16H,15H2,1-2H3,(H2,25,26,27,28,29). The molecular weight excluding hydrogens is 406 g/mol. The first-order valence-electron chi connectivity index (χ1n) is 9.95. The molecule has 1 aromatic heterocycles. The molecule has 2 N–H and O–H groups in total. The first-order chi connectivity index (χ1) is 15.7. The molecule has 162 valence electrons. The van der Waals surface area contributed by atoms with Crippen molar-refractivity contribution in [3.8, 4) is 17.2 Å². The number of anilines is 4. The van der Waals surface area contributed by atoms with Crippen LogP contribution >= 0.6 is 0 Å². The summed E-state index contributed by atoms with van der Waals surface area (Å²) in [5, 5.41) is 6.31. The molecular formula is C24H23N5O3. The van der Waals surface area contributed by atoms with Gasteiger partial charge in [-0.25, -0.2) is 9.97 Å². The Kier molecular flexibility index (Phi) is 6.62. The van der Waals surface area contributed by atoms with Gasteiger partial charge in [0.05, 0.1) is 14.2 Å². The minimum atomic E-state index is 0.389. The predicted octanol–water partition coefficient (Wildman–Crippen LogP) is 4.96. The van der Waals surface area contributed by atoms with Crippen LogP contribution < -0.4 is 24.8 Å². The molecule has 0 bridgehead atoms. The fourth-order valence-corrected chi connectivity index (χ4v) is 2.93. The summed E-state index contributed by atoms with van der Waals surface area (Å²) in [6, 6.07) is 23.1. The zero-order valence-electron chi connectivity index (χ0n) is 17.8. The third kappa shape index (κ3) is 5.63. The summed E-state index contributed by atoms with van der Waals surface area (Å²) >= 11 is 0. The third-order valence-corrected chi connectivity index (χ3v) is 4.54. The van der Waals surface area contributed by atoms with E-state index < -0.39 is 0 Å². The first kappa shape index (κ1) is 20.9. The summed E-state index contributed by atoms with van der Waals surface area (Å²) in [6.45, 7) is 0.519. The molecule has 8 heteroatoms. The van der Waals surface area contributed by atoms with E-state index in [0.29, 0.717) is 30.0 Å². The number of nitrogens with one attached hydrogen (secondary N) is 2. The van der Waals surface area contributed by atoms with E-state index in [2.05, 4.69) is 25.6 Å². The second kappa shape index (κ2) is 10.1. The SMILES string of the molecule is COc1cc(Nc2ncnc(Nc3ccc(OCc4ccccc4)cc3)n2)cc(OC)c1. The molecule has 0 radical (unpaired) electrons. The Bertz CT molecular complexity index is 1130. The van der Waals surface area contributed by atoms with Gasteiger partial charge in [0.25, 0.3) is 0 Å². The van der Waals surface area contributed by atoms with Crippen LogP contribution in [0.1, 0.15) is 5.56 Å². The predicted molar refractivity (Wildman–Crippen MR) is 123 cm³/mol. The van der Waals surface area contributed by atoms with Crippen molar-refractivity contribution in [2.75, 3.05) is 24.9 Å². The van der Waals surface area contributed by atoms with E-state index in [-0.39, 0.29) is 0 Å². The van der Waals surface area contributed by atoms with Crippen molar-refractivity contribution in [2.45, 2.75) is 6.61 Å². The van der Waals surface area contributed by atoms with E-state index >= 15 is 0 Å². The first-order valence-corrected chi connectivity index (χ1v) is 9.95. The van der Waals surface area contributed by atoms with Crippen LogP contribution in [0.4, 0.5) is 23.3 Å². The number of methoxy groups -OCH3 is 2. The highest BCUT2D eigenvalue weighted by atomic mass is 16.5. The highest BCUT2D eigenvalue weighted by molar-refractivity contribution is 5.61. The van der Waals surface area contributed by atoms with Gasteiger partial charge in [-0.15, -0.1) is 0 Å². The Morgan fingerprint density at radius 2 is 1.31 bits per heavy atom. The van der Waals surface area contributed by atoms with Crippen LogP contribution in [0.5, 0.6) is 17.2 Å². The van der Waals surface area contributed by atoms with Crippen LogP contribution in [0.25, 0.3) is 0 Å². The van der Waals surface area contributed by atoms with Gasteiger partial charge in [0.15, 0.2) is 0 Å². The molecule has 0 amide bonds. The van der Waals surface area contributed by atoms with Crippen LogP contribution in [0.2, 0.25) is 0 Å². The molecule has 4 rings (SSSR count). The number of benzene rings is 3. The maximum atomic E-state index is 5.82. The van der Waals surface area contributed by atoms with Gasteiger partial charge in [-0.3, -0.25) is 0 Å². The zero-order valence-corrected chi connectivity index (χ0v) is 17.8. The highest BCUT2D eigenvalue weighted by Crippen LogP contribution is 2.27. The number of hydrogen-bond donors (Lipinski definition) is 2. The van der Waals surface area contributed by atoms with Gasteiger partial charge in [0, 0.05) is 29.6 Å². The molecule has 0 spiro atoms. The Morgan fingerprint density at radius 1 is 0.688 bits per heavy atom. The lowest BCUT2D eigenvalue weighted by molar-refractivity contribution is 0.306. The van der Waals surface area contributed by atoms with E-state index in [1.807, 2.05) is 66.7 Å². The van der Waals surface area contributed by atoms with E-state index in [1.54, 1.807) is 20.3 Å². The number of aromatic nitrogens is 3. The summed E-state index contributed by atoms with van der Waals surface area (Å²) in [4.78, 5) is 12.8. The van der Waals surface area contributed by atoms with Crippen LogP contribution in [0, 0.1) is 0 Å². The average molecular weight is 429 g/mol. The smallest absolute Gasteiger partial charge is 0.232 e. The summed E-state index contributed by atoms with van der Waals surface area (Å²) in [5.41, 5.74) is 2.68. The molecule has 0 aliphatic heterocycles. The van der Waals surface area contributed by atoms with Gasteiger partial charge in [0.1, 0.15) is 30.2 Å². The normalized spacial score (nSPS) is 10.3. The maximum absolute atomic E-state index is 5.82. The van der Waals surface area contributed by atoms with Gasteiger partial charge in [-0.2, -0.15) is 4.98 Å². The molecule has 0 atom stereocenters. The van der Waals surface area contributed by atoms with E-state index in [1.165, 1.54) is 6.33 Å². The van der Waals surface area contributed by atoms with Crippen molar-refractivity contribution in [1.29, 1.82) is 0 Å². The fraction of sp³-hybridized carbons (Fsp3) is 0.125. The van der Waals surface area contributed by atoms with Crippen molar-refractivity contribution < 1.29 is 14.2 Å². The summed E-state index contributed by atoms with van der Waals surface area (Å²) in [5.74, 6) is 2.91. The van der Waals surface area contributed by atoms with Gasteiger partial charge >= 0.3 is 0 Å². The lowest BCUT2D eigenvalue weighted by Crippen LogP contribution is -2.03. The molecule has 0 saturated heterocycles. The van der Waals surface area contributed by atoms with Gasteiger partial charge < -0.3 is 24.8 Å². The Hall–Kier alpha value is -4.33. The minimum Gasteiger partial charge on any atom is -0.497 e. The van der Waals surface area contributed by atoms with Crippen LogP contribution in [0.15, 0.2) is 79.1 Å². The fourth-order valence-electron chi connectivity index (χ4n) is 2.93. The molecule has 1 heterocycles. The van der Waals surface area contributed by atoms with E-state index in [0.717, 1.165) is 22.7 Å². The van der Waals surface area contributed by atoms with Crippen molar-refractivity contribution in [1.82, 2.24) is 15.0 Å². The summed E-state index contributed by atoms with van der Waals surface area (Å²) in [6.07, 6.45) is 1.44. The number of nitrogens with zero attached hydrogens (tertiary/aromatic N) is 3. The minimum absolute atomic E-state index is 0.389. The molecule has 0 aliphatic rings. The second-order valence-electron chi connectivity index (χ2n) is 6.78. The number of ether oxygens (including phenoxy) is 3. The molecule has 4 aromatic rings. The van der Waals surface area contributed by atoms with Crippen LogP contribution in [0.3, 0.4) is 0 Å². The Morgan fingerprint density at radius 3 is 1.94 bits per heavy atom. The lowest BCUT2D eigenvalue weighted by atomic mass is 10.2. The second-order valence-corrected chi connectivity index (χ2v) is 6.78. The Balaban J connectivity index is 1.39. The molecule has 0 unspecified atom stereocenters. The number of hydrogen-bond acceptors (Lipinski definition) is 8. The third-order valence-electron chi connectivity index (χ3n) is 4.54. The molecule has 0 aliphatic carbocycles. The molecule has 8 nitrogen and oxygen atoms in total. The average Bonchev–Trinajstić information content (AvgIpc) is 2.84. The summed E-state index contributed by atoms with van der Waals surface area (Å²) < 4.78 is 16.4. The maximum Gasteiger partial charge on any atom is 0.232 e. The van der Waals surface area contributed by atoms with Gasteiger partial charge in [0.2, 0.25) is 11.9 Å². The van der Waals surface area contributed by atoms with Crippen molar-refractivity contribution >= 4 is 23.3 Å². The lowest BCUT2D eigenvalue weighted by Gasteiger charge is -2.11. The van der Waals surface area contributed by atoms with E-state index in [4.69, 9.17) is 14.2 Å². The van der Waals surface area contributed by atoms with Gasteiger partial charge in [-0.05, 0) is 29.8 Å². The Labute approximate surface area is 186 Å². The molecule has 0 fully saturated rings. The highest BCUT2D eigenvalue weighted by Gasteiger charge is 2.06. The van der Waals surface area contributed by atoms with Gasteiger partial charge in [-0.1, -0.05) is 30.3 Å². The van der Waals surface area contributed by atoms with Crippen molar-refractivity contribution in [3.63, 3.8) is 0 Å². The molecule has 3 aromatic carbocycles. The van der Waals surface area contributed by atoms with Crippen molar-refractivity contribution in [2.24, 2.45) is 0 Å². The molecule has 32 heavy (non-hydrogen) atoms. The summed E-state index contributed by atoms with van der Waals surface area (Å²) in [7, 11) is 3.20. The zero-order chi connectivity index (χ0) is 22.2.